The molecule has 0 saturated heterocycles. The summed E-state index contributed by atoms with van der Waals surface area (Å²) in [7, 11) is 0. The highest BCUT2D eigenvalue weighted by molar-refractivity contribution is 5.74. The smallest absolute Gasteiger partial charge is 0.0541 e. The second-order valence-corrected chi connectivity index (χ2v) is 14.7. The molecule has 2 atom stereocenters. The fraction of sp³-hybridized carbons (Fsp3) is 0.667. The van der Waals surface area contributed by atoms with E-state index in [0.717, 1.165) is 89.7 Å². The maximum atomic E-state index is 4.37. The van der Waals surface area contributed by atoms with Gasteiger partial charge in [0.25, 0.3) is 0 Å². The lowest BCUT2D eigenvalue weighted by Crippen LogP contribution is -2.33. The van der Waals surface area contributed by atoms with E-state index in [2.05, 4.69) is 147 Å². The van der Waals surface area contributed by atoms with Crippen LogP contribution in [0.25, 0.3) is 11.4 Å². The maximum absolute atomic E-state index is 4.37. The topological polar surface area (TPSA) is 60.1 Å². The predicted octanol–water partition coefficient (Wildman–Crippen LogP) is 14.3. The molecule has 0 aliphatic rings. The fourth-order valence-electron chi connectivity index (χ4n) is 5.18. The minimum atomic E-state index is 0.432. The van der Waals surface area contributed by atoms with E-state index in [9.17, 15) is 0 Å². The molecule has 1 aromatic rings. The molecule has 0 amide bonds. The van der Waals surface area contributed by atoms with Crippen LogP contribution in [0.5, 0.6) is 0 Å². The minimum Gasteiger partial charge on any atom is -0.385 e. The molecule has 0 bridgehead atoms. The van der Waals surface area contributed by atoms with Crippen LogP contribution < -0.4 is 26.6 Å². The standard InChI is InChI=1S/C38H65N5.C4H10.3C2H6/c1-13-16-17-18-19-29(8)41-38-23-34(32(11)39-25-30(9)42-36(14-2)20-27(4)5)22-35(24-38)33(12)40-26-31(10)43-37(15-3)21-28(6)7;1-4(2)3;3*1-2/h22-24,27-28,36-37,39-43H,8-21,25-26H2,1-7H3;4H,1-3H3;3*1-2H3. The highest BCUT2D eigenvalue weighted by atomic mass is 15.0. The number of benzene rings is 1. The molecule has 0 aliphatic heterocycles. The third kappa shape index (κ3) is 33.2. The Hall–Kier alpha value is -3.08. The summed E-state index contributed by atoms with van der Waals surface area (Å²) >= 11 is 0. The van der Waals surface area contributed by atoms with Gasteiger partial charge in [-0.05, 0) is 85.6 Å². The van der Waals surface area contributed by atoms with E-state index in [4.69, 9.17) is 0 Å². The van der Waals surface area contributed by atoms with Crippen LogP contribution in [0.1, 0.15) is 180 Å². The van der Waals surface area contributed by atoms with Crippen LogP contribution >= 0.6 is 0 Å². The molecule has 5 heteroatoms. The Morgan fingerprint density at radius 2 is 0.925 bits per heavy atom. The first kappa shape index (κ1) is 56.7. The number of unbranched alkanes of at least 4 members (excludes halogenated alkanes) is 3. The van der Waals surface area contributed by atoms with Crippen LogP contribution in [0.3, 0.4) is 0 Å². The number of allylic oxidation sites excluding steroid dienone is 1. The lowest BCUT2D eigenvalue weighted by atomic mass is 10.0. The molecule has 310 valence electrons. The number of rotatable bonds is 25. The molecule has 0 saturated carbocycles. The van der Waals surface area contributed by atoms with Gasteiger partial charge in [0.1, 0.15) is 0 Å². The van der Waals surface area contributed by atoms with Crippen molar-refractivity contribution in [3.05, 3.63) is 79.3 Å². The van der Waals surface area contributed by atoms with Crippen molar-refractivity contribution in [2.45, 2.75) is 181 Å². The van der Waals surface area contributed by atoms with Crippen LogP contribution in [0.4, 0.5) is 5.69 Å². The van der Waals surface area contributed by atoms with E-state index >= 15 is 0 Å². The molecular weight excluding hydrogens is 647 g/mol. The zero-order valence-corrected chi connectivity index (χ0v) is 38.4. The molecule has 5 N–H and O–H groups in total. The number of anilines is 1. The lowest BCUT2D eigenvalue weighted by molar-refractivity contribution is 0.433. The summed E-state index contributed by atoms with van der Waals surface area (Å²) in [5, 5.41) is 17.7. The van der Waals surface area contributed by atoms with Gasteiger partial charge in [-0.25, -0.2) is 0 Å². The zero-order chi connectivity index (χ0) is 41.9. The number of nitrogens with one attached hydrogen (secondary N) is 5. The van der Waals surface area contributed by atoms with Gasteiger partial charge in [0.05, 0.1) is 13.1 Å². The summed E-state index contributed by atoms with van der Waals surface area (Å²) < 4.78 is 0. The molecule has 1 rings (SSSR count). The highest BCUT2D eigenvalue weighted by Crippen LogP contribution is 2.25. The van der Waals surface area contributed by atoms with Crippen LogP contribution in [-0.2, 0) is 0 Å². The summed E-state index contributed by atoms with van der Waals surface area (Å²) in [6, 6.07) is 7.26. The van der Waals surface area contributed by atoms with Gasteiger partial charge in [0, 0.05) is 46.3 Å². The van der Waals surface area contributed by atoms with E-state index in [1.807, 2.05) is 41.5 Å². The van der Waals surface area contributed by atoms with Crippen molar-refractivity contribution < 1.29 is 0 Å². The van der Waals surface area contributed by atoms with Gasteiger partial charge < -0.3 is 26.6 Å². The Labute approximate surface area is 333 Å². The Bertz CT molecular complexity index is 1010. The summed E-state index contributed by atoms with van der Waals surface area (Å²) in [6.07, 6.45) is 10.2. The Morgan fingerprint density at radius 1 is 0.547 bits per heavy atom. The Morgan fingerprint density at radius 3 is 1.25 bits per heavy atom. The molecule has 0 aliphatic carbocycles. The van der Waals surface area contributed by atoms with Gasteiger partial charge in [-0.15, -0.1) is 0 Å². The summed E-state index contributed by atoms with van der Waals surface area (Å²) in [5.74, 6) is 2.12. The third-order valence-electron chi connectivity index (χ3n) is 7.63. The highest BCUT2D eigenvalue weighted by Gasteiger charge is 2.13. The van der Waals surface area contributed by atoms with E-state index < -0.39 is 0 Å². The Kier molecular flexibility index (Phi) is 39.8. The lowest BCUT2D eigenvalue weighted by Gasteiger charge is -2.23. The average Bonchev–Trinajstić information content (AvgIpc) is 3.12. The van der Waals surface area contributed by atoms with Gasteiger partial charge in [0.15, 0.2) is 0 Å². The molecule has 0 fully saturated rings. The molecule has 53 heavy (non-hydrogen) atoms. The van der Waals surface area contributed by atoms with Crippen molar-refractivity contribution in [1.29, 1.82) is 0 Å². The van der Waals surface area contributed by atoms with E-state index in [-0.39, 0.29) is 0 Å². The molecule has 1 aromatic carbocycles. The predicted molar refractivity (Wildman–Crippen MR) is 248 cm³/mol. The van der Waals surface area contributed by atoms with Crippen molar-refractivity contribution in [3.63, 3.8) is 0 Å². The summed E-state index contributed by atoms with van der Waals surface area (Å²) in [6.45, 7) is 57.0. The van der Waals surface area contributed by atoms with E-state index in [1.54, 1.807) is 0 Å². The van der Waals surface area contributed by atoms with Crippen molar-refractivity contribution in [2.75, 3.05) is 18.4 Å². The summed E-state index contributed by atoms with van der Waals surface area (Å²) in [5.41, 5.74) is 7.66. The maximum Gasteiger partial charge on any atom is 0.0541 e. The molecule has 0 aromatic heterocycles. The average molecular weight is 740 g/mol. The normalized spacial score (nSPS) is 11.1. The third-order valence-corrected chi connectivity index (χ3v) is 7.63. The largest absolute Gasteiger partial charge is 0.385 e. The van der Waals surface area contributed by atoms with E-state index in [0.29, 0.717) is 37.0 Å². The molecular formula is C48H93N5. The summed E-state index contributed by atoms with van der Waals surface area (Å²) in [4.78, 5) is 0. The zero-order valence-electron chi connectivity index (χ0n) is 38.4. The van der Waals surface area contributed by atoms with Crippen LogP contribution in [0.2, 0.25) is 0 Å². The second kappa shape index (κ2) is 37.2. The SMILES string of the molecule is C=C(CCCCCC)Nc1cc(C(=C)NCC(=C)NC(CC)CC(C)C)cc(C(=C)NCC(=C)NC(CC)CC(C)C)c1.CC.CC.CC.CC(C)C. The monoisotopic (exact) mass is 740 g/mol. The van der Waals surface area contributed by atoms with Crippen molar-refractivity contribution in [1.82, 2.24) is 21.3 Å². The van der Waals surface area contributed by atoms with Gasteiger partial charge in [-0.2, -0.15) is 0 Å². The first-order valence-electron chi connectivity index (χ1n) is 21.5. The molecule has 2 unspecified atom stereocenters. The molecule has 0 heterocycles. The number of hydrogen-bond acceptors (Lipinski definition) is 5. The Balaban J connectivity index is -0.00000108. The van der Waals surface area contributed by atoms with Gasteiger partial charge in [-0.1, -0.05) is 163 Å². The first-order valence-corrected chi connectivity index (χ1v) is 21.5. The van der Waals surface area contributed by atoms with Crippen molar-refractivity contribution in [3.8, 4) is 0 Å². The van der Waals surface area contributed by atoms with Gasteiger partial charge in [0.2, 0.25) is 0 Å². The van der Waals surface area contributed by atoms with Crippen LogP contribution in [0.15, 0.2) is 68.2 Å². The van der Waals surface area contributed by atoms with Crippen LogP contribution in [0, 0.1) is 17.8 Å². The first-order chi connectivity index (χ1) is 25.1. The van der Waals surface area contributed by atoms with Crippen molar-refractivity contribution in [2.24, 2.45) is 17.8 Å². The molecule has 5 nitrogen and oxygen atoms in total. The van der Waals surface area contributed by atoms with Crippen molar-refractivity contribution >= 4 is 17.1 Å². The van der Waals surface area contributed by atoms with Gasteiger partial charge >= 0.3 is 0 Å². The molecule has 0 radical (unpaired) electrons. The quantitative estimate of drug-likeness (QED) is 0.0647. The number of hydrogen-bond donors (Lipinski definition) is 5. The van der Waals surface area contributed by atoms with Gasteiger partial charge in [-0.3, -0.25) is 0 Å². The minimum absolute atomic E-state index is 0.432. The fourth-order valence-corrected chi connectivity index (χ4v) is 5.18. The second-order valence-electron chi connectivity index (χ2n) is 14.7. The van der Waals surface area contributed by atoms with E-state index in [1.165, 1.54) is 19.3 Å². The van der Waals surface area contributed by atoms with Crippen LogP contribution in [-0.4, -0.2) is 25.2 Å². The molecule has 0 spiro atoms.